The Morgan fingerprint density at radius 1 is 0.742 bits per heavy atom. The molecule has 0 heterocycles. The van der Waals surface area contributed by atoms with Gasteiger partial charge in [-0.3, -0.25) is 4.99 Å². The van der Waals surface area contributed by atoms with Crippen molar-refractivity contribution in [3.05, 3.63) is 135 Å². The standard InChI is InChI=1S/C27H21Cl2NO/c28-24-16-15-21(17-25(24)29)19-30-26-14-8-7-13-23(26)27(31,22-11-5-2-6-12-22)18-20-9-3-1-4-10-20/h1-17,19,31H,18H2/t27-/m1/s1. The molecule has 2 nitrogen and oxygen atoms in total. The highest BCUT2D eigenvalue weighted by molar-refractivity contribution is 6.42. The molecule has 0 bridgehead atoms. The van der Waals surface area contributed by atoms with Gasteiger partial charge in [-0.15, -0.1) is 0 Å². The lowest BCUT2D eigenvalue weighted by molar-refractivity contribution is 0.0817. The van der Waals surface area contributed by atoms with E-state index in [1.807, 2.05) is 91.0 Å². The lowest BCUT2D eigenvalue weighted by Crippen LogP contribution is -2.30. The Hall–Kier alpha value is -2.91. The summed E-state index contributed by atoms with van der Waals surface area (Å²) >= 11 is 12.2. The highest BCUT2D eigenvalue weighted by Crippen LogP contribution is 2.38. The summed E-state index contributed by atoms with van der Waals surface area (Å²) in [4.78, 5) is 4.69. The lowest BCUT2D eigenvalue weighted by atomic mass is 9.80. The van der Waals surface area contributed by atoms with Crippen LogP contribution in [0.15, 0.2) is 108 Å². The molecule has 0 radical (unpaired) electrons. The van der Waals surface area contributed by atoms with Crippen LogP contribution in [-0.4, -0.2) is 11.3 Å². The molecule has 0 fully saturated rings. The van der Waals surface area contributed by atoms with E-state index in [9.17, 15) is 5.11 Å². The summed E-state index contributed by atoms with van der Waals surface area (Å²) in [6, 6.07) is 32.7. The van der Waals surface area contributed by atoms with Gasteiger partial charge in [0.1, 0.15) is 5.60 Å². The molecule has 0 aliphatic carbocycles. The van der Waals surface area contributed by atoms with E-state index in [1.165, 1.54) is 0 Å². The number of para-hydroxylation sites is 1. The fourth-order valence-electron chi connectivity index (χ4n) is 3.63. The molecule has 0 aromatic heterocycles. The van der Waals surface area contributed by atoms with Crippen LogP contribution in [-0.2, 0) is 12.0 Å². The van der Waals surface area contributed by atoms with Crippen LogP contribution >= 0.6 is 23.2 Å². The number of halogens is 2. The van der Waals surface area contributed by atoms with Crippen molar-refractivity contribution in [2.24, 2.45) is 4.99 Å². The zero-order valence-corrected chi connectivity index (χ0v) is 18.3. The van der Waals surface area contributed by atoms with Gasteiger partial charge in [-0.1, -0.05) is 108 Å². The lowest BCUT2D eigenvalue weighted by Gasteiger charge is -2.30. The van der Waals surface area contributed by atoms with Gasteiger partial charge in [0.2, 0.25) is 0 Å². The van der Waals surface area contributed by atoms with Crippen LogP contribution in [0.4, 0.5) is 5.69 Å². The fourth-order valence-corrected chi connectivity index (χ4v) is 3.94. The summed E-state index contributed by atoms with van der Waals surface area (Å²) in [6.07, 6.45) is 2.16. The molecule has 0 aliphatic rings. The van der Waals surface area contributed by atoms with Gasteiger partial charge >= 0.3 is 0 Å². The minimum Gasteiger partial charge on any atom is -0.380 e. The van der Waals surface area contributed by atoms with Gasteiger partial charge in [0, 0.05) is 18.2 Å². The number of nitrogens with zero attached hydrogens (tertiary/aromatic N) is 1. The van der Waals surface area contributed by atoms with Crippen molar-refractivity contribution in [3.8, 4) is 0 Å². The number of rotatable bonds is 6. The minimum atomic E-state index is -1.24. The average Bonchev–Trinajstić information content (AvgIpc) is 2.81. The number of hydrogen-bond acceptors (Lipinski definition) is 2. The maximum Gasteiger partial charge on any atom is 0.121 e. The van der Waals surface area contributed by atoms with E-state index < -0.39 is 5.60 Å². The second-order valence-electron chi connectivity index (χ2n) is 7.34. The molecule has 1 N–H and O–H groups in total. The molecule has 4 aromatic rings. The topological polar surface area (TPSA) is 32.6 Å². The maximum atomic E-state index is 12.1. The third-order valence-electron chi connectivity index (χ3n) is 5.20. The third-order valence-corrected chi connectivity index (χ3v) is 5.94. The van der Waals surface area contributed by atoms with Gasteiger partial charge in [-0.2, -0.15) is 0 Å². The van der Waals surface area contributed by atoms with Crippen molar-refractivity contribution in [3.63, 3.8) is 0 Å². The van der Waals surface area contributed by atoms with Gasteiger partial charge in [-0.25, -0.2) is 0 Å². The first-order valence-corrected chi connectivity index (χ1v) is 10.7. The minimum absolute atomic E-state index is 0.428. The SMILES string of the molecule is O[C@](Cc1ccccc1)(c1ccccc1)c1ccccc1N=Cc1ccc(Cl)c(Cl)c1. The molecule has 1 atom stereocenters. The van der Waals surface area contributed by atoms with Crippen LogP contribution in [0, 0.1) is 0 Å². The van der Waals surface area contributed by atoms with E-state index in [0.29, 0.717) is 22.2 Å². The summed E-state index contributed by atoms with van der Waals surface area (Å²) in [5.74, 6) is 0. The largest absolute Gasteiger partial charge is 0.380 e. The number of aliphatic hydroxyl groups is 1. The summed E-state index contributed by atoms with van der Waals surface area (Å²) in [5.41, 5.74) is 2.87. The van der Waals surface area contributed by atoms with Crippen molar-refractivity contribution < 1.29 is 5.11 Å². The molecule has 154 valence electrons. The predicted octanol–water partition coefficient (Wildman–Crippen LogP) is 7.22. The smallest absolute Gasteiger partial charge is 0.121 e. The first kappa shape index (κ1) is 21.3. The van der Waals surface area contributed by atoms with E-state index >= 15 is 0 Å². The summed E-state index contributed by atoms with van der Waals surface area (Å²) in [7, 11) is 0. The van der Waals surface area contributed by atoms with Crippen LogP contribution in [0.25, 0.3) is 0 Å². The first-order valence-electron chi connectivity index (χ1n) is 9.97. The normalized spacial score (nSPS) is 13.3. The van der Waals surface area contributed by atoms with E-state index in [-0.39, 0.29) is 0 Å². The average molecular weight is 446 g/mol. The highest BCUT2D eigenvalue weighted by atomic mass is 35.5. The van der Waals surface area contributed by atoms with E-state index in [2.05, 4.69) is 0 Å². The quantitative estimate of drug-likeness (QED) is 0.312. The Kier molecular flexibility index (Phi) is 6.53. The van der Waals surface area contributed by atoms with Gasteiger partial charge < -0.3 is 5.11 Å². The van der Waals surface area contributed by atoms with Gasteiger partial charge in [0.05, 0.1) is 15.7 Å². The molecule has 31 heavy (non-hydrogen) atoms. The summed E-state index contributed by atoms with van der Waals surface area (Å²) in [6.45, 7) is 0. The molecule has 0 amide bonds. The monoisotopic (exact) mass is 445 g/mol. The van der Waals surface area contributed by atoms with Crippen LogP contribution in [0.3, 0.4) is 0 Å². The Morgan fingerprint density at radius 3 is 2.10 bits per heavy atom. The summed E-state index contributed by atoms with van der Waals surface area (Å²) in [5, 5.41) is 13.0. The molecular weight excluding hydrogens is 425 g/mol. The highest BCUT2D eigenvalue weighted by Gasteiger charge is 2.33. The van der Waals surface area contributed by atoms with Gasteiger partial charge in [0.15, 0.2) is 0 Å². The molecule has 0 saturated carbocycles. The first-order chi connectivity index (χ1) is 15.1. The Morgan fingerprint density at radius 2 is 1.39 bits per heavy atom. The Balaban J connectivity index is 1.79. The zero-order chi connectivity index (χ0) is 21.7. The van der Waals surface area contributed by atoms with E-state index in [0.717, 1.165) is 22.3 Å². The van der Waals surface area contributed by atoms with Crippen molar-refractivity contribution in [1.82, 2.24) is 0 Å². The summed E-state index contributed by atoms with van der Waals surface area (Å²) < 4.78 is 0. The predicted molar refractivity (Wildman–Crippen MR) is 130 cm³/mol. The molecule has 4 rings (SSSR count). The Labute approximate surface area is 192 Å². The second-order valence-corrected chi connectivity index (χ2v) is 8.15. The molecule has 4 heteroatoms. The fraction of sp³-hybridized carbons (Fsp3) is 0.0741. The van der Waals surface area contributed by atoms with Gasteiger partial charge in [-0.05, 0) is 34.9 Å². The molecule has 0 spiro atoms. The van der Waals surface area contributed by atoms with Crippen LogP contribution in [0.1, 0.15) is 22.3 Å². The van der Waals surface area contributed by atoms with Crippen molar-refractivity contribution in [1.29, 1.82) is 0 Å². The molecule has 4 aromatic carbocycles. The number of benzene rings is 4. The van der Waals surface area contributed by atoms with Gasteiger partial charge in [0.25, 0.3) is 0 Å². The molecule has 0 unspecified atom stereocenters. The van der Waals surface area contributed by atoms with Crippen molar-refractivity contribution in [2.45, 2.75) is 12.0 Å². The Bertz CT molecular complexity index is 1190. The maximum absolute atomic E-state index is 12.1. The number of hydrogen-bond donors (Lipinski definition) is 1. The van der Waals surface area contributed by atoms with Crippen molar-refractivity contribution in [2.75, 3.05) is 0 Å². The molecule has 0 saturated heterocycles. The number of aliphatic imine (C=N–C) groups is 1. The van der Waals surface area contributed by atoms with E-state index in [1.54, 1.807) is 18.3 Å². The molecule has 0 aliphatic heterocycles. The zero-order valence-electron chi connectivity index (χ0n) is 16.7. The second kappa shape index (κ2) is 9.49. The molecular formula is C27H21Cl2NO. The van der Waals surface area contributed by atoms with Crippen molar-refractivity contribution >= 4 is 35.1 Å². The van der Waals surface area contributed by atoms with Crippen LogP contribution < -0.4 is 0 Å². The third kappa shape index (κ3) is 4.88. The van der Waals surface area contributed by atoms with E-state index in [4.69, 9.17) is 28.2 Å². The van der Waals surface area contributed by atoms with Crippen LogP contribution in [0.2, 0.25) is 10.0 Å². The van der Waals surface area contributed by atoms with Crippen LogP contribution in [0.5, 0.6) is 0 Å².